The summed E-state index contributed by atoms with van der Waals surface area (Å²) in [7, 11) is -3.87. The molecule has 3 aliphatic rings. The van der Waals surface area contributed by atoms with Gasteiger partial charge in [0.25, 0.3) is 21.8 Å². The Labute approximate surface area is 188 Å². The van der Waals surface area contributed by atoms with Gasteiger partial charge >= 0.3 is 0 Å². The number of likely N-dealkylation sites (tertiary alicyclic amines) is 1. The van der Waals surface area contributed by atoms with E-state index in [1.165, 1.54) is 17.7 Å². The van der Waals surface area contributed by atoms with E-state index in [-0.39, 0.29) is 34.0 Å². The van der Waals surface area contributed by atoms with Crippen molar-refractivity contribution in [1.82, 2.24) is 14.5 Å². The molecular formula is C24H27N3O4S. The van der Waals surface area contributed by atoms with Crippen LogP contribution in [0.2, 0.25) is 0 Å². The number of sulfonamides is 1. The summed E-state index contributed by atoms with van der Waals surface area (Å²) in [6.07, 6.45) is 4.68. The van der Waals surface area contributed by atoms with Gasteiger partial charge in [-0.05, 0) is 56.0 Å². The first kappa shape index (κ1) is 21.2. The highest BCUT2D eigenvalue weighted by atomic mass is 32.2. The second-order valence-electron chi connectivity index (χ2n) is 8.86. The van der Waals surface area contributed by atoms with Gasteiger partial charge in [0.05, 0.1) is 5.56 Å². The van der Waals surface area contributed by atoms with E-state index in [1.807, 2.05) is 18.2 Å². The number of hydrogen-bond donors (Lipinski definition) is 1. The number of carbonyl (C=O) groups excluding carboxylic acids is 2. The number of amides is 2. The van der Waals surface area contributed by atoms with Gasteiger partial charge in [-0.15, -0.1) is 0 Å². The molecule has 7 nitrogen and oxygen atoms in total. The van der Waals surface area contributed by atoms with E-state index < -0.39 is 15.9 Å². The zero-order chi connectivity index (χ0) is 22.3. The Hall–Kier alpha value is -2.71. The van der Waals surface area contributed by atoms with Gasteiger partial charge in [0.1, 0.15) is 4.90 Å². The predicted molar refractivity (Wildman–Crippen MR) is 120 cm³/mol. The van der Waals surface area contributed by atoms with Crippen molar-refractivity contribution >= 4 is 21.8 Å². The van der Waals surface area contributed by atoms with Crippen LogP contribution in [0.1, 0.15) is 58.4 Å². The van der Waals surface area contributed by atoms with Crippen molar-refractivity contribution in [2.75, 3.05) is 13.1 Å². The van der Waals surface area contributed by atoms with Crippen LogP contribution in [-0.2, 0) is 16.6 Å². The molecule has 2 heterocycles. The van der Waals surface area contributed by atoms with E-state index >= 15 is 0 Å². The van der Waals surface area contributed by atoms with Gasteiger partial charge in [-0.1, -0.05) is 36.8 Å². The summed E-state index contributed by atoms with van der Waals surface area (Å²) in [6.45, 7) is 2.34. The number of hydrogen-bond acceptors (Lipinski definition) is 5. The quantitative estimate of drug-likeness (QED) is 0.727. The maximum Gasteiger partial charge on any atom is 0.269 e. The molecule has 1 aliphatic carbocycles. The molecule has 5 rings (SSSR count). The van der Waals surface area contributed by atoms with Crippen LogP contribution in [0, 0.1) is 0 Å². The molecule has 1 saturated carbocycles. The Balaban J connectivity index is 1.27. The smallest absolute Gasteiger partial charge is 0.269 e. The molecule has 0 spiro atoms. The Morgan fingerprint density at radius 1 is 1.03 bits per heavy atom. The van der Waals surface area contributed by atoms with Crippen molar-refractivity contribution in [2.24, 2.45) is 0 Å². The molecule has 2 amide bonds. The van der Waals surface area contributed by atoms with Crippen LogP contribution >= 0.6 is 0 Å². The summed E-state index contributed by atoms with van der Waals surface area (Å²) in [5, 5.41) is 2.99. The highest BCUT2D eigenvalue weighted by Gasteiger charge is 2.48. The van der Waals surface area contributed by atoms with Gasteiger partial charge in [0.15, 0.2) is 0 Å². The molecule has 2 aliphatic heterocycles. The van der Waals surface area contributed by atoms with Crippen LogP contribution in [0.15, 0.2) is 53.4 Å². The van der Waals surface area contributed by atoms with Crippen LogP contribution < -0.4 is 5.32 Å². The summed E-state index contributed by atoms with van der Waals surface area (Å²) in [6, 6.07) is 14.7. The SMILES string of the molecule is O=C(NCC1CCCCN1Cc1ccccc1)c1ccc2c(c1)S(=O)(=O)N(C1CC1)C2=O. The van der Waals surface area contributed by atoms with Crippen molar-refractivity contribution in [2.45, 2.75) is 55.6 Å². The van der Waals surface area contributed by atoms with Crippen molar-refractivity contribution in [3.05, 3.63) is 65.2 Å². The number of nitrogens with one attached hydrogen (secondary N) is 1. The molecule has 8 heteroatoms. The number of carbonyl (C=O) groups is 2. The lowest BCUT2D eigenvalue weighted by Gasteiger charge is -2.36. The third-order valence-corrected chi connectivity index (χ3v) is 8.44. The minimum atomic E-state index is -3.87. The zero-order valence-electron chi connectivity index (χ0n) is 17.9. The molecule has 0 radical (unpaired) electrons. The lowest BCUT2D eigenvalue weighted by molar-refractivity contribution is 0.0862. The van der Waals surface area contributed by atoms with Crippen LogP contribution in [-0.4, -0.2) is 54.6 Å². The van der Waals surface area contributed by atoms with E-state index in [4.69, 9.17) is 0 Å². The van der Waals surface area contributed by atoms with E-state index in [0.29, 0.717) is 19.4 Å². The van der Waals surface area contributed by atoms with Crippen LogP contribution in [0.3, 0.4) is 0 Å². The summed E-state index contributed by atoms with van der Waals surface area (Å²) < 4.78 is 26.7. The Bertz CT molecular complexity index is 1150. The van der Waals surface area contributed by atoms with Gasteiger partial charge in [0.2, 0.25) is 0 Å². The third-order valence-electron chi connectivity index (χ3n) is 6.57. The van der Waals surface area contributed by atoms with E-state index in [1.54, 1.807) is 6.07 Å². The minimum absolute atomic E-state index is 0.0505. The maximum atomic E-state index is 12.8. The molecule has 2 aromatic carbocycles. The molecule has 32 heavy (non-hydrogen) atoms. The van der Waals surface area contributed by atoms with Crippen molar-refractivity contribution < 1.29 is 18.0 Å². The second-order valence-corrected chi connectivity index (χ2v) is 10.6. The number of nitrogens with zero attached hydrogens (tertiary/aromatic N) is 2. The molecule has 1 saturated heterocycles. The number of piperidine rings is 1. The molecule has 2 fully saturated rings. The van der Waals surface area contributed by atoms with E-state index in [2.05, 4.69) is 22.3 Å². The topological polar surface area (TPSA) is 86.8 Å². The summed E-state index contributed by atoms with van der Waals surface area (Å²) in [4.78, 5) is 27.7. The first-order chi connectivity index (χ1) is 15.4. The standard InChI is InChI=1S/C24H27N3O4S/c28-23(25-15-20-8-4-5-13-26(20)16-17-6-2-1-3-7-17)18-9-12-21-22(14-18)32(30,31)27(24(21)29)19-10-11-19/h1-3,6-7,9,12,14,19-20H,4-5,8,10-11,13,15-16H2,(H,25,28). The fourth-order valence-electron chi connectivity index (χ4n) is 4.69. The normalized spacial score (nSPS) is 22.6. The van der Waals surface area contributed by atoms with Crippen molar-refractivity contribution in [1.29, 1.82) is 0 Å². The van der Waals surface area contributed by atoms with Gasteiger partial charge in [-0.25, -0.2) is 12.7 Å². The fourth-order valence-corrected chi connectivity index (χ4v) is 6.53. The number of benzene rings is 2. The molecule has 1 unspecified atom stereocenters. The zero-order valence-corrected chi connectivity index (χ0v) is 18.7. The van der Waals surface area contributed by atoms with Gasteiger partial charge < -0.3 is 5.32 Å². The molecule has 1 N–H and O–H groups in total. The van der Waals surface area contributed by atoms with Gasteiger partial charge in [-0.3, -0.25) is 14.5 Å². The number of fused-ring (bicyclic) bond motifs is 1. The maximum absolute atomic E-state index is 12.8. The van der Waals surface area contributed by atoms with Gasteiger partial charge in [-0.2, -0.15) is 0 Å². The third kappa shape index (κ3) is 3.93. The van der Waals surface area contributed by atoms with Crippen molar-refractivity contribution in [3.63, 3.8) is 0 Å². The van der Waals surface area contributed by atoms with Crippen LogP contribution in [0.25, 0.3) is 0 Å². The summed E-state index contributed by atoms with van der Waals surface area (Å²) >= 11 is 0. The lowest BCUT2D eigenvalue weighted by atomic mass is 10.0. The Morgan fingerprint density at radius 2 is 1.81 bits per heavy atom. The second kappa shape index (κ2) is 8.33. The largest absolute Gasteiger partial charge is 0.350 e. The highest BCUT2D eigenvalue weighted by molar-refractivity contribution is 7.90. The van der Waals surface area contributed by atoms with Crippen LogP contribution in [0.5, 0.6) is 0 Å². The summed E-state index contributed by atoms with van der Waals surface area (Å²) in [5.74, 6) is -0.793. The molecule has 2 aromatic rings. The first-order valence-corrected chi connectivity index (χ1v) is 12.7. The minimum Gasteiger partial charge on any atom is -0.350 e. The molecule has 0 aromatic heterocycles. The Morgan fingerprint density at radius 3 is 2.56 bits per heavy atom. The molecule has 0 bridgehead atoms. The molecule has 168 valence electrons. The monoisotopic (exact) mass is 453 g/mol. The molecular weight excluding hydrogens is 426 g/mol. The highest BCUT2D eigenvalue weighted by Crippen LogP contribution is 2.39. The lowest BCUT2D eigenvalue weighted by Crippen LogP contribution is -2.46. The number of rotatable bonds is 6. The van der Waals surface area contributed by atoms with E-state index in [9.17, 15) is 18.0 Å². The van der Waals surface area contributed by atoms with E-state index in [0.717, 1.165) is 36.7 Å². The average molecular weight is 454 g/mol. The summed E-state index contributed by atoms with van der Waals surface area (Å²) in [5.41, 5.74) is 1.68. The predicted octanol–water partition coefficient (Wildman–Crippen LogP) is 2.78. The van der Waals surface area contributed by atoms with Crippen LogP contribution in [0.4, 0.5) is 0 Å². The van der Waals surface area contributed by atoms with Crippen molar-refractivity contribution in [3.8, 4) is 0 Å². The van der Waals surface area contributed by atoms with Gasteiger partial charge in [0, 0.05) is 30.7 Å². The first-order valence-electron chi connectivity index (χ1n) is 11.2. The molecule has 1 atom stereocenters. The Kier molecular flexibility index (Phi) is 5.51. The fraction of sp³-hybridized carbons (Fsp3) is 0.417. The average Bonchev–Trinajstić information content (AvgIpc) is 3.60.